The Morgan fingerprint density at radius 2 is 1.94 bits per heavy atom. The minimum atomic E-state index is -0.0223. The highest BCUT2D eigenvalue weighted by molar-refractivity contribution is 8.76. The van der Waals surface area contributed by atoms with Gasteiger partial charge in [0, 0.05) is 23.1 Å². The predicted molar refractivity (Wildman–Crippen MR) is 79.4 cm³/mol. The number of amides is 1. The maximum absolute atomic E-state index is 11.1. The Labute approximate surface area is 111 Å². The fraction of sp³-hybridized carbons (Fsp3) is 0.462. The molecule has 0 bridgehead atoms. The van der Waals surface area contributed by atoms with Crippen molar-refractivity contribution in [1.29, 1.82) is 0 Å². The second-order valence-corrected chi connectivity index (χ2v) is 7.92. The quantitative estimate of drug-likeness (QED) is 0.825. The molecule has 94 valence electrons. The van der Waals surface area contributed by atoms with Crippen LogP contribution < -0.4 is 5.32 Å². The molecular weight excluding hydrogens is 250 g/mol. The maximum Gasteiger partial charge on any atom is 0.221 e. The lowest BCUT2D eigenvalue weighted by Gasteiger charge is -2.17. The van der Waals surface area contributed by atoms with Crippen molar-refractivity contribution in [2.45, 2.75) is 38.2 Å². The summed E-state index contributed by atoms with van der Waals surface area (Å²) in [4.78, 5) is 11.1. The van der Waals surface area contributed by atoms with Crippen LogP contribution in [0.25, 0.3) is 0 Å². The molecule has 1 rings (SSSR count). The molecule has 4 heteroatoms. The van der Waals surface area contributed by atoms with Crippen LogP contribution in [0.15, 0.2) is 24.3 Å². The number of anilines is 1. The number of carbonyl (C=O) groups excluding carboxylic acids is 1. The van der Waals surface area contributed by atoms with Crippen LogP contribution in [0.1, 0.15) is 33.3 Å². The zero-order valence-electron chi connectivity index (χ0n) is 10.7. The molecule has 0 radical (unpaired) electrons. The minimum absolute atomic E-state index is 0.0223. The summed E-state index contributed by atoms with van der Waals surface area (Å²) in [6.45, 7) is 8.13. The van der Waals surface area contributed by atoms with Gasteiger partial charge in [-0.2, -0.15) is 0 Å². The topological polar surface area (TPSA) is 29.1 Å². The average Bonchev–Trinajstić information content (AvgIpc) is 2.18. The van der Waals surface area contributed by atoms with Gasteiger partial charge in [-0.25, -0.2) is 0 Å². The summed E-state index contributed by atoms with van der Waals surface area (Å²) in [5.41, 5.74) is 2.09. The fourth-order valence-corrected chi connectivity index (χ4v) is 3.64. The van der Waals surface area contributed by atoms with Crippen LogP contribution in [-0.4, -0.2) is 10.7 Å². The third-order valence-electron chi connectivity index (χ3n) is 1.85. The van der Waals surface area contributed by atoms with Gasteiger partial charge in [0.25, 0.3) is 0 Å². The molecule has 0 heterocycles. The third kappa shape index (κ3) is 6.03. The van der Waals surface area contributed by atoms with E-state index in [-0.39, 0.29) is 10.7 Å². The third-order valence-corrected chi connectivity index (χ3v) is 5.11. The first-order valence-electron chi connectivity index (χ1n) is 5.54. The summed E-state index contributed by atoms with van der Waals surface area (Å²) < 4.78 is 0.258. The number of nitrogens with one attached hydrogen (secondary N) is 1. The van der Waals surface area contributed by atoms with E-state index in [1.54, 1.807) is 0 Å². The summed E-state index contributed by atoms with van der Waals surface area (Å²) in [5.74, 6) is 0.879. The first-order valence-corrected chi connectivity index (χ1v) is 7.86. The largest absolute Gasteiger partial charge is 0.326 e. The van der Waals surface area contributed by atoms with Crippen LogP contribution in [-0.2, 0) is 10.5 Å². The summed E-state index contributed by atoms with van der Waals surface area (Å²) in [5, 5.41) is 2.86. The highest BCUT2D eigenvalue weighted by atomic mass is 33.1. The van der Waals surface area contributed by atoms with Crippen LogP contribution in [0.2, 0.25) is 0 Å². The van der Waals surface area contributed by atoms with Gasteiger partial charge in [0.2, 0.25) is 5.91 Å². The van der Waals surface area contributed by atoms with E-state index in [1.165, 1.54) is 12.5 Å². The van der Waals surface area contributed by atoms with Crippen molar-refractivity contribution in [3.63, 3.8) is 0 Å². The molecule has 1 N–H and O–H groups in total. The van der Waals surface area contributed by atoms with E-state index >= 15 is 0 Å². The van der Waals surface area contributed by atoms with Gasteiger partial charge in [0.05, 0.1) is 0 Å². The molecule has 0 unspecified atom stereocenters. The lowest BCUT2D eigenvalue weighted by atomic mass is 10.2. The van der Waals surface area contributed by atoms with Crippen molar-refractivity contribution >= 4 is 33.2 Å². The molecular formula is C13H19NOS2. The molecule has 0 fully saturated rings. The minimum Gasteiger partial charge on any atom is -0.326 e. The van der Waals surface area contributed by atoms with E-state index in [4.69, 9.17) is 0 Å². The molecule has 2 nitrogen and oxygen atoms in total. The van der Waals surface area contributed by atoms with E-state index < -0.39 is 0 Å². The molecule has 0 aliphatic heterocycles. The molecule has 0 aromatic heterocycles. The molecule has 0 spiro atoms. The molecule has 0 saturated carbocycles. The molecule has 0 aliphatic rings. The molecule has 1 aromatic rings. The summed E-state index contributed by atoms with van der Waals surface area (Å²) in [6, 6.07) is 7.94. The highest BCUT2D eigenvalue weighted by Crippen LogP contribution is 2.38. The van der Waals surface area contributed by atoms with E-state index in [2.05, 4.69) is 32.2 Å². The van der Waals surface area contributed by atoms with Gasteiger partial charge in [-0.1, -0.05) is 60.6 Å². The Morgan fingerprint density at radius 1 is 1.29 bits per heavy atom. The van der Waals surface area contributed by atoms with Crippen molar-refractivity contribution in [2.24, 2.45) is 0 Å². The highest BCUT2D eigenvalue weighted by Gasteiger charge is 2.11. The number of para-hydroxylation sites is 1. The smallest absolute Gasteiger partial charge is 0.221 e. The van der Waals surface area contributed by atoms with Gasteiger partial charge < -0.3 is 5.32 Å². The Balaban J connectivity index is 2.61. The SMILES string of the molecule is CC(=O)Nc1ccccc1CSSC(C)(C)C. The van der Waals surface area contributed by atoms with Gasteiger partial charge in [-0.15, -0.1) is 0 Å². The van der Waals surface area contributed by atoms with Crippen LogP contribution in [0, 0.1) is 0 Å². The van der Waals surface area contributed by atoms with Gasteiger partial charge in [-0.3, -0.25) is 4.79 Å². The molecule has 0 saturated heterocycles. The Bertz CT molecular complexity index is 385. The van der Waals surface area contributed by atoms with E-state index in [1.807, 2.05) is 39.8 Å². The monoisotopic (exact) mass is 269 g/mol. The van der Waals surface area contributed by atoms with Gasteiger partial charge in [0.15, 0.2) is 0 Å². The maximum atomic E-state index is 11.1. The molecule has 1 amide bonds. The van der Waals surface area contributed by atoms with Gasteiger partial charge in [-0.05, 0) is 11.6 Å². The molecule has 0 atom stereocenters. The Kier molecular flexibility index (Phi) is 5.40. The second-order valence-electron chi connectivity index (χ2n) is 4.80. The standard InChI is InChI=1S/C13H19NOS2/c1-10(15)14-12-8-6-5-7-11(12)9-16-17-13(2,3)4/h5-8H,9H2,1-4H3,(H,14,15). The van der Waals surface area contributed by atoms with Crippen molar-refractivity contribution in [2.75, 3.05) is 5.32 Å². The van der Waals surface area contributed by atoms with Crippen LogP contribution in [0.5, 0.6) is 0 Å². The predicted octanol–water partition coefficient (Wildman–Crippen LogP) is 4.32. The van der Waals surface area contributed by atoms with Crippen LogP contribution in [0.4, 0.5) is 5.69 Å². The fourth-order valence-electron chi connectivity index (χ4n) is 1.23. The first kappa shape index (κ1) is 14.5. The van der Waals surface area contributed by atoms with Crippen molar-refractivity contribution in [3.8, 4) is 0 Å². The van der Waals surface area contributed by atoms with Crippen LogP contribution >= 0.6 is 21.6 Å². The Hall–Kier alpha value is -0.610. The van der Waals surface area contributed by atoms with Crippen molar-refractivity contribution in [1.82, 2.24) is 0 Å². The van der Waals surface area contributed by atoms with Crippen molar-refractivity contribution < 1.29 is 4.79 Å². The number of benzene rings is 1. The molecule has 1 aromatic carbocycles. The number of hydrogen-bond acceptors (Lipinski definition) is 3. The summed E-state index contributed by atoms with van der Waals surface area (Å²) in [6.07, 6.45) is 0. The zero-order valence-corrected chi connectivity index (χ0v) is 12.4. The molecule has 0 aliphatic carbocycles. The normalized spacial score (nSPS) is 11.3. The van der Waals surface area contributed by atoms with E-state index in [0.29, 0.717) is 0 Å². The van der Waals surface area contributed by atoms with Gasteiger partial charge in [0.1, 0.15) is 0 Å². The van der Waals surface area contributed by atoms with Gasteiger partial charge >= 0.3 is 0 Å². The lowest BCUT2D eigenvalue weighted by Crippen LogP contribution is -2.08. The summed E-state index contributed by atoms with van der Waals surface area (Å²) >= 11 is 0. The summed E-state index contributed by atoms with van der Waals surface area (Å²) in [7, 11) is 3.68. The number of hydrogen-bond donors (Lipinski definition) is 1. The average molecular weight is 269 g/mol. The molecule has 17 heavy (non-hydrogen) atoms. The van der Waals surface area contributed by atoms with Crippen LogP contribution in [0.3, 0.4) is 0 Å². The number of carbonyl (C=O) groups is 1. The first-order chi connectivity index (χ1) is 7.88. The Morgan fingerprint density at radius 3 is 2.53 bits per heavy atom. The zero-order chi connectivity index (χ0) is 12.9. The lowest BCUT2D eigenvalue weighted by molar-refractivity contribution is -0.114. The second kappa shape index (κ2) is 6.36. The van der Waals surface area contributed by atoms with E-state index in [9.17, 15) is 4.79 Å². The number of rotatable bonds is 4. The van der Waals surface area contributed by atoms with Crippen molar-refractivity contribution in [3.05, 3.63) is 29.8 Å². The van der Waals surface area contributed by atoms with E-state index in [0.717, 1.165) is 11.4 Å².